The van der Waals surface area contributed by atoms with Gasteiger partial charge >= 0.3 is 6.09 Å². The monoisotopic (exact) mass is 565 g/mol. The Morgan fingerprint density at radius 2 is 1.93 bits per heavy atom. The molecule has 2 aromatic carbocycles. The average Bonchev–Trinajstić information content (AvgIpc) is 3.13. The molecule has 10 nitrogen and oxygen atoms in total. The van der Waals surface area contributed by atoms with E-state index < -0.39 is 6.09 Å². The molecule has 1 aromatic heterocycles. The predicted octanol–water partition coefficient (Wildman–Crippen LogP) is 4.82. The maximum Gasteiger partial charge on any atom is 0.415 e. The molecular weight excluding hydrogens is 534 g/mol. The number of imidazole rings is 1. The van der Waals surface area contributed by atoms with Crippen molar-refractivity contribution in [2.45, 2.75) is 32.2 Å². The fraction of sp³-hybridized carbons (Fsp3) is 0.379. The molecule has 1 atom stereocenters. The van der Waals surface area contributed by atoms with Crippen LogP contribution >= 0.6 is 11.6 Å². The molecule has 0 unspecified atom stereocenters. The number of morpholine rings is 1. The highest BCUT2D eigenvalue weighted by molar-refractivity contribution is 6.35. The van der Waals surface area contributed by atoms with Gasteiger partial charge in [-0.1, -0.05) is 35.9 Å². The van der Waals surface area contributed by atoms with Gasteiger partial charge in [0.2, 0.25) is 11.9 Å². The van der Waals surface area contributed by atoms with Gasteiger partial charge in [-0.25, -0.2) is 9.78 Å². The first-order chi connectivity index (χ1) is 19.3. The number of amides is 3. The number of benzene rings is 2. The van der Waals surface area contributed by atoms with E-state index >= 15 is 0 Å². The summed E-state index contributed by atoms with van der Waals surface area (Å²) in [5, 5.41) is 3.28. The quantitative estimate of drug-likeness (QED) is 0.445. The maximum atomic E-state index is 13.3. The van der Waals surface area contributed by atoms with Crippen LogP contribution < -0.4 is 10.1 Å². The predicted molar refractivity (Wildman–Crippen MR) is 152 cm³/mol. The number of anilines is 1. The van der Waals surface area contributed by atoms with E-state index in [1.807, 2.05) is 23.6 Å². The molecule has 210 valence electrons. The van der Waals surface area contributed by atoms with Crippen molar-refractivity contribution in [3.8, 4) is 5.75 Å². The molecule has 0 bridgehead atoms. The Labute approximate surface area is 237 Å². The number of aromatic nitrogens is 2. The third-order valence-electron chi connectivity index (χ3n) is 7.19. The van der Waals surface area contributed by atoms with E-state index in [4.69, 9.17) is 26.1 Å². The van der Waals surface area contributed by atoms with Crippen LogP contribution in [0.5, 0.6) is 5.75 Å². The van der Waals surface area contributed by atoms with Crippen LogP contribution in [0.4, 0.5) is 10.7 Å². The normalized spacial score (nSPS) is 17.8. The maximum absolute atomic E-state index is 13.3. The van der Waals surface area contributed by atoms with Crippen molar-refractivity contribution >= 4 is 46.5 Å². The van der Waals surface area contributed by atoms with Crippen LogP contribution in [0.15, 0.2) is 49.1 Å². The van der Waals surface area contributed by atoms with Crippen molar-refractivity contribution in [1.82, 2.24) is 19.4 Å². The lowest BCUT2D eigenvalue weighted by Crippen LogP contribution is -2.42. The van der Waals surface area contributed by atoms with E-state index in [2.05, 4.69) is 11.9 Å². The number of fused-ring (bicyclic) bond motifs is 1. The number of rotatable bonds is 5. The molecule has 3 aromatic rings. The molecule has 40 heavy (non-hydrogen) atoms. The van der Waals surface area contributed by atoms with Gasteiger partial charge in [0, 0.05) is 43.9 Å². The number of carbonyl (C=O) groups is 3. The van der Waals surface area contributed by atoms with Gasteiger partial charge < -0.3 is 23.8 Å². The highest BCUT2D eigenvalue weighted by Gasteiger charge is 2.28. The number of likely N-dealkylation sites (tertiary alicyclic amines) is 1. The van der Waals surface area contributed by atoms with Gasteiger partial charge in [0.05, 0.1) is 35.3 Å². The fourth-order valence-corrected chi connectivity index (χ4v) is 5.49. The molecule has 3 heterocycles. The van der Waals surface area contributed by atoms with Crippen LogP contribution in [0.25, 0.3) is 11.0 Å². The summed E-state index contributed by atoms with van der Waals surface area (Å²) in [5.41, 5.74) is 2.50. The summed E-state index contributed by atoms with van der Waals surface area (Å²) < 4.78 is 12.8. The highest BCUT2D eigenvalue weighted by atomic mass is 35.5. The molecule has 0 saturated carbocycles. The lowest BCUT2D eigenvalue weighted by atomic mass is 10.1. The van der Waals surface area contributed by atoms with Gasteiger partial charge in [-0.05, 0) is 44.4 Å². The largest absolute Gasteiger partial charge is 0.415 e. The lowest BCUT2D eigenvalue weighted by molar-refractivity contribution is -0.126. The summed E-state index contributed by atoms with van der Waals surface area (Å²) in [6, 6.07) is 10.3. The Kier molecular flexibility index (Phi) is 8.37. The van der Waals surface area contributed by atoms with Gasteiger partial charge in [-0.3, -0.25) is 14.9 Å². The molecule has 2 saturated heterocycles. The Balaban J connectivity index is 1.53. The van der Waals surface area contributed by atoms with E-state index in [1.54, 1.807) is 34.1 Å². The van der Waals surface area contributed by atoms with Crippen LogP contribution in [0.2, 0.25) is 5.02 Å². The molecule has 0 radical (unpaired) electrons. The van der Waals surface area contributed by atoms with Crippen molar-refractivity contribution in [1.29, 1.82) is 0 Å². The Morgan fingerprint density at radius 1 is 1.12 bits per heavy atom. The number of ether oxygens (including phenoxy) is 2. The van der Waals surface area contributed by atoms with Crippen molar-refractivity contribution < 1.29 is 23.9 Å². The number of hydrogen-bond acceptors (Lipinski definition) is 6. The molecule has 0 spiro atoms. The second-order valence-electron chi connectivity index (χ2n) is 10.0. The topological polar surface area (TPSA) is 106 Å². The second-order valence-corrected chi connectivity index (χ2v) is 10.4. The van der Waals surface area contributed by atoms with E-state index in [1.165, 1.54) is 6.08 Å². The standard InChI is InChI=1S/C29H32ClN5O5/c1-3-25(36)34-10-5-4-9-21(18-34)35-26-23(30)16-22(40-29(38)33-11-13-39-14-12-33)17-24(26)31-28(35)32-27(37)20-8-6-7-19(2)15-20/h3,6-8,15-17,21H,1,4-5,9-14,18H2,2H3,(H,31,32,37)/t21-/m1/s1. The van der Waals surface area contributed by atoms with Crippen LogP contribution in [0.3, 0.4) is 0 Å². The third-order valence-corrected chi connectivity index (χ3v) is 7.48. The minimum atomic E-state index is -0.492. The van der Waals surface area contributed by atoms with Crippen LogP contribution in [0.1, 0.15) is 41.2 Å². The smallest absolute Gasteiger partial charge is 0.410 e. The Bertz CT molecular complexity index is 1450. The molecule has 5 rings (SSSR count). The summed E-state index contributed by atoms with van der Waals surface area (Å²) in [4.78, 5) is 46.6. The van der Waals surface area contributed by atoms with Crippen LogP contribution in [-0.4, -0.2) is 76.7 Å². The first-order valence-electron chi connectivity index (χ1n) is 13.4. The van der Waals surface area contributed by atoms with Crippen LogP contribution in [-0.2, 0) is 9.53 Å². The number of hydrogen-bond donors (Lipinski definition) is 1. The van der Waals surface area contributed by atoms with Gasteiger partial charge in [0.1, 0.15) is 5.75 Å². The Hall–Kier alpha value is -3.89. The molecule has 3 amide bonds. The second kappa shape index (κ2) is 12.1. The molecule has 0 aliphatic carbocycles. The first-order valence-corrected chi connectivity index (χ1v) is 13.8. The zero-order valence-corrected chi connectivity index (χ0v) is 23.2. The zero-order valence-electron chi connectivity index (χ0n) is 22.4. The van der Waals surface area contributed by atoms with Gasteiger partial charge in [0.15, 0.2) is 0 Å². The van der Waals surface area contributed by atoms with Crippen molar-refractivity contribution in [2.24, 2.45) is 0 Å². The molecule has 11 heteroatoms. The minimum absolute atomic E-state index is 0.148. The van der Waals surface area contributed by atoms with Gasteiger partial charge in [-0.2, -0.15) is 0 Å². The van der Waals surface area contributed by atoms with E-state index in [9.17, 15) is 14.4 Å². The minimum Gasteiger partial charge on any atom is -0.410 e. The highest BCUT2D eigenvalue weighted by Crippen LogP contribution is 2.36. The summed E-state index contributed by atoms with van der Waals surface area (Å²) in [6.07, 6.45) is 3.31. The molecule has 2 aliphatic heterocycles. The van der Waals surface area contributed by atoms with Gasteiger partial charge in [-0.15, -0.1) is 0 Å². The van der Waals surface area contributed by atoms with Crippen molar-refractivity contribution in [2.75, 3.05) is 44.7 Å². The molecule has 2 aliphatic rings. The SMILES string of the molecule is C=CC(=O)N1CCCC[C@@H](n2c(NC(=O)c3cccc(C)c3)nc3cc(OC(=O)N4CCOCC4)cc(Cl)c32)C1. The van der Waals surface area contributed by atoms with E-state index in [0.717, 1.165) is 24.8 Å². The number of nitrogens with one attached hydrogen (secondary N) is 1. The summed E-state index contributed by atoms with van der Waals surface area (Å²) in [5.74, 6) is 0.0885. The van der Waals surface area contributed by atoms with Crippen LogP contribution in [0, 0.1) is 6.92 Å². The fourth-order valence-electron chi connectivity index (χ4n) is 5.19. The number of nitrogens with zero attached hydrogens (tertiary/aromatic N) is 4. The van der Waals surface area contributed by atoms with Crippen molar-refractivity contribution in [3.05, 3.63) is 65.2 Å². The first kappa shape index (κ1) is 27.7. The Morgan fingerprint density at radius 3 is 2.67 bits per heavy atom. The average molecular weight is 566 g/mol. The summed E-state index contributed by atoms with van der Waals surface area (Å²) in [7, 11) is 0. The van der Waals surface area contributed by atoms with E-state index in [-0.39, 0.29) is 23.6 Å². The summed E-state index contributed by atoms with van der Waals surface area (Å²) >= 11 is 6.82. The van der Waals surface area contributed by atoms with Crippen molar-refractivity contribution in [3.63, 3.8) is 0 Å². The number of aryl methyl sites for hydroxylation is 1. The lowest BCUT2D eigenvalue weighted by Gasteiger charge is -2.26. The third kappa shape index (κ3) is 5.97. The zero-order chi connectivity index (χ0) is 28.2. The molecular formula is C29H32ClN5O5. The number of carbonyl (C=O) groups excluding carboxylic acids is 3. The van der Waals surface area contributed by atoms with Gasteiger partial charge in [0.25, 0.3) is 5.91 Å². The number of halogens is 1. The molecule has 1 N–H and O–H groups in total. The molecule has 2 fully saturated rings. The summed E-state index contributed by atoms with van der Waals surface area (Å²) in [6.45, 7) is 8.39. The van der Waals surface area contributed by atoms with E-state index in [0.29, 0.717) is 67.0 Å².